The summed E-state index contributed by atoms with van der Waals surface area (Å²) in [5, 5.41) is 5.03. The van der Waals surface area contributed by atoms with Gasteiger partial charge in [0.15, 0.2) is 0 Å². The highest BCUT2D eigenvalue weighted by Gasteiger charge is 2.44. The fourth-order valence-electron chi connectivity index (χ4n) is 9.49. The molecule has 0 spiro atoms. The van der Waals surface area contributed by atoms with E-state index in [0.29, 0.717) is 0 Å². The summed E-state index contributed by atoms with van der Waals surface area (Å²) in [4.78, 5) is 2.61. The molecule has 2 aliphatic rings. The Kier molecular flexibility index (Phi) is 5.58. The van der Waals surface area contributed by atoms with E-state index in [4.69, 9.17) is 0 Å². The van der Waals surface area contributed by atoms with Gasteiger partial charge in [0.1, 0.15) is 0 Å². The Morgan fingerprint density at radius 1 is 0.327 bits per heavy atom. The van der Waals surface area contributed by atoms with E-state index in [-0.39, 0.29) is 6.85 Å². The van der Waals surface area contributed by atoms with Gasteiger partial charge < -0.3 is 13.9 Å². The highest BCUT2D eigenvalue weighted by atomic mass is 15.1. The van der Waals surface area contributed by atoms with Crippen LogP contribution in [0.2, 0.25) is 0 Å². The summed E-state index contributed by atoms with van der Waals surface area (Å²) >= 11 is 0. The number of nitrogens with zero attached hydrogens (tertiary/aromatic N) is 3. The minimum absolute atomic E-state index is 0.0260. The van der Waals surface area contributed by atoms with Crippen molar-refractivity contribution in [2.24, 2.45) is 0 Å². The SMILES string of the molecule is c1ccc(-n2c3ccccc3c3ccc4c5ccc6c(c5n(-c5ccccc5)c4c32)B2c3ccccc3-c3ccccc3N2c2ccccc2-6)cc1. The molecule has 4 heteroatoms. The lowest BCUT2D eigenvalue weighted by molar-refractivity contribution is 1.15. The Morgan fingerprint density at radius 3 is 1.56 bits per heavy atom. The summed E-state index contributed by atoms with van der Waals surface area (Å²) in [6, 6.07) is 67.1. The van der Waals surface area contributed by atoms with E-state index >= 15 is 0 Å². The number of para-hydroxylation sites is 5. The molecule has 0 saturated heterocycles. The second kappa shape index (κ2) is 10.4. The third-order valence-electron chi connectivity index (χ3n) is 11.5. The molecule has 0 aliphatic carbocycles. The molecule has 12 rings (SSSR count). The molecule has 0 amide bonds. The summed E-state index contributed by atoms with van der Waals surface area (Å²) in [7, 11) is 0. The van der Waals surface area contributed by atoms with Crippen LogP contribution in [0.5, 0.6) is 0 Å². The highest BCUT2D eigenvalue weighted by molar-refractivity contribution is 6.94. The average Bonchev–Trinajstić information content (AvgIpc) is 3.74. The number of fused-ring (bicyclic) bond motifs is 19. The second-order valence-corrected chi connectivity index (χ2v) is 14.0. The van der Waals surface area contributed by atoms with Gasteiger partial charge >= 0.3 is 6.85 Å². The molecule has 0 fully saturated rings. The summed E-state index contributed by atoms with van der Waals surface area (Å²) in [5.74, 6) is 0. The van der Waals surface area contributed by atoms with Gasteiger partial charge in [-0.05, 0) is 64.5 Å². The molecule has 0 bridgehead atoms. The Morgan fingerprint density at radius 2 is 0.827 bits per heavy atom. The van der Waals surface area contributed by atoms with E-state index in [2.05, 4.69) is 196 Å². The standard InChI is InChI=1S/C48H30BN3/c1-3-15-31(16-4-1)50-42-24-12-8-22-36(42)38-29-30-40-39-28-27-37-35-21-10-14-26-44(35)52-43-25-13-9-20-34(43)33-19-7-11-23-41(33)49(52)45(37)46(39)51(48(40)47(38)50)32-17-5-2-6-18-32/h1-30H. The van der Waals surface area contributed by atoms with Crippen molar-refractivity contribution in [3.8, 4) is 33.6 Å². The Hall–Kier alpha value is -6.78. The van der Waals surface area contributed by atoms with Crippen LogP contribution in [0, 0.1) is 0 Å². The van der Waals surface area contributed by atoms with Crippen LogP contribution >= 0.6 is 0 Å². The van der Waals surface area contributed by atoms with Crippen molar-refractivity contribution >= 4 is 72.8 Å². The molecule has 0 unspecified atom stereocenters. The number of aromatic nitrogens is 2. The van der Waals surface area contributed by atoms with Crippen LogP contribution in [0.25, 0.3) is 77.2 Å². The summed E-state index contributed by atoms with van der Waals surface area (Å²) in [5.41, 5.74) is 17.5. The van der Waals surface area contributed by atoms with Crippen LogP contribution in [-0.2, 0) is 0 Å². The first-order valence-electron chi connectivity index (χ1n) is 18.1. The largest absolute Gasteiger partial charge is 0.376 e. The molecule has 52 heavy (non-hydrogen) atoms. The maximum atomic E-state index is 2.61. The first kappa shape index (κ1) is 28.0. The molecule has 0 saturated carbocycles. The maximum absolute atomic E-state index is 2.61. The third-order valence-corrected chi connectivity index (χ3v) is 11.5. The minimum Gasteiger partial charge on any atom is -0.376 e. The number of hydrogen-bond acceptors (Lipinski definition) is 1. The average molecular weight is 660 g/mol. The molecule has 240 valence electrons. The number of anilines is 2. The van der Waals surface area contributed by atoms with Crippen molar-refractivity contribution in [1.82, 2.24) is 9.13 Å². The zero-order chi connectivity index (χ0) is 33.9. The predicted octanol–water partition coefficient (Wildman–Crippen LogP) is 10.8. The number of hydrogen-bond donors (Lipinski definition) is 0. The predicted molar refractivity (Wildman–Crippen MR) is 220 cm³/mol. The first-order chi connectivity index (χ1) is 25.9. The Bertz CT molecular complexity index is 3080. The molecular formula is C48H30BN3. The van der Waals surface area contributed by atoms with Crippen molar-refractivity contribution in [2.75, 3.05) is 4.81 Å². The van der Waals surface area contributed by atoms with E-state index in [9.17, 15) is 0 Å². The number of benzene rings is 8. The molecule has 0 radical (unpaired) electrons. The van der Waals surface area contributed by atoms with Crippen molar-refractivity contribution in [1.29, 1.82) is 0 Å². The van der Waals surface area contributed by atoms with E-state index in [1.54, 1.807) is 0 Å². The highest BCUT2D eigenvalue weighted by Crippen LogP contribution is 2.48. The molecule has 10 aromatic rings. The van der Waals surface area contributed by atoms with Crippen molar-refractivity contribution in [3.63, 3.8) is 0 Å². The molecule has 4 heterocycles. The summed E-state index contributed by atoms with van der Waals surface area (Å²) in [6.45, 7) is -0.0260. The van der Waals surface area contributed by atoms with E-state index in [0.717, 1.165) is 11.4 Å². The number of rotatable bonds is 2. The van der Waals surface area contributed by atoms with Gasteiger partial charge in [0, 0.05) is 55.4 Å². The van der Waals surface area contributed by atoms with E-state index in [1.165, 1.54) is 88.2 Å². The molecule has 2 aliphatic heterocycles. The molecule has 2 aromatic heterocycles. The summed E-state index contributed by atoms with van der Waals surface area (Å²) < 4.78 is 5.06. The molecule has 0 N–H and O–H groups in total. The topological polar surface area (TPSA) is 13.1 Å². The van der Waals surface area contributed by atoms with Crippen LogP contribution in [0.15, 0.2) is 182 Å². The van der Waals surface area contributed by atoms with Gasteiger partial charge in [0.05, 0.1) is 22.1 Å². The molecule has 8 aromatic carbocycles. The van der Waals surface area contributed by atoms with Gasteiger partial charge in [-0.2, -0.15) is 0 Å². The lowest BCUT2D eigenvalue weighted by Gasteiger charge is -2.43. The molecule has 0 atom stereocenters. The zero-order valence-corrected chi connectivity index (χ0v) is 28.2. The molecular weight excluding hydrogens is 629 g/mol. The molecule has 3 nitrogen and oxygen atoms in total. The second-order valence-electron chi connectivity index (χ2n) is 14.0. The van der Waals surface area contributed by atoms with E-state index in [1.807, 2.05) is 0 Å². The third kappa shape index (κ3) is 3.56. The minimum atomic E-state index is -0.0260. The summed E-state index contributed by atoms with van der Waals surface area (Å²) in [6.07, 6.45) is 0. The smallest absolute Gasteiger partial charge is 0.331 e. The van der Waals surface area contributed by atoms with Crippen LogP contribution < -0.4 is 15.7 Å². The van der Waals surface area contributed by atoms with Gasteiger partial charge in [-0.25, -0.2) is 0 Å². The Labute approximate surface area is 301 Å². The first-order valence-corrected chi connectivity index (χ1v) is 18.1. The van der Waals surface area contributed by atoms with Crippen molar-refractivity contribution in [2.45, 2.75) is 0 Å². The van der Waals surface area contributed by atoms with Crippen LogP contribution in [-0.4, -0.2) is 16.0 Å². The van der Waals surface area contributed by atoms with Crippen molar-refractivity contribution in [3.05, 3.63) is 182 Å². The van der Waals surface area contributed by atoms with Crippen molar-refractivity contribution < 1.29 is 0 Å². The van der Waals surface area contributed by atoms with Gasteiger partial charge in [0.2, 0.25) is 0 Å². The van der Waals surface area contributed by atoms with Gasteiger partial charge in [-0.3, -0.25) is 0 Å². The Balaban J connectivity index is 1.33. The van der Waals surface area contributed by atoms with Gasteiger partial charge in [0.25, 0.3) is 0 Å². The monoisotopic (exact) mass is 659 g/mol. The van der Waals surface area contributed by atoms with Crippen LogP contribution in [0.4, 0.5) is 11.4 Å². The fourth-order valence-corrected chi connectivity index (χ4v) is 9.49. The lowest BCUT2D eigenvalue weighted by Crippen LogP contribution is -2.60. The normalized spacial score (nSPS) is 12.9. The van der Waals surface area contributed by atoms with Gasteiger partial charge in [-0.15, -0.1) is 0 Å². The quantitative estimate of drug-likeness (QED) is 0.168. The van der Waals surface area contributed by atoms with Crippen LogP contribution in [0.1, 0.15) is 0 Å². The van der Waals surface area contributed by atoms with E-state index < -0.39 is 0 Å². The maximum Gasteiger partial charge on any atom is 0.331 e. The van der Waals surface area contributed by atoms with Crippen LogP contribution in [0.3, 0.4) is 0 Å². The fraction of sp³-hybridized carbons (Fsp3) is 0. The lowest BCUT2D eigenvalue weighted by atomic mass is 9.43. The zero-order valence-electron chi connectivity index (χ0n) is 28.2. The van der Waals surface area contributed by atoms with Gasteiger partial charge in [-0.1, -0.05) is 140 Å².